The first-order valence-electron chi connectivity index (χ1n) is 10.6. The third-order valence-corrected chi connectivity index (χ3v) is 5.69. The predicted molar refractivity (Wildman–Crippen MR) is 121 cm³/mol. The van der Waals surface area contributed by atoms with Crippen molar-refractivity contribution in [2.24, 2.45) is 11.7 Å². The van der Waals surface area contributed by atoms with E-state index in [-0.39, 0.29) is 17.6 Å². The third kappa shape index (κ3) is 4.86. The van der Waals surface area contributed by atoms with Crippen molar-refractivity contribution >= 4 is 17.6 Å². The average molecular weight is 428 g/mol. The maximum Gasteiger partial charge on any atom is 0.253 e. The van der Waals surface area contributed by atoms with Crippen molar-refractivity contribution in [3.8, 4) is 11.5 Å². The van der Waals surface area contributed by atoms with Gasteiger partial charge in [-0.25, -0.2) is 0 Å². The molecule has 3 aromatic carbocycles. The molecule has 6 heteroatoms. The van der Waals surface area contributed by atoms with Crippen LogP contribution < -0.4 is 10.5 Å². The molecule has 1 fully saturated rings. The fourth-order valence-corrected chi connectivity index (χ4v) is 3.85. The van der Waals surface area contributed by atoms with Crippen LogP contribution in [0.2, 0.25) is 0 Å². The molecule has 6 nitrogen and oxygen atoms in total. The zero-order valence-electron chi connectivity index (χ0n) is 17.6. The lowest BCUT2D eigenvalue weighted by molar-refractivity contribution is 0.0650. The van der Waals surface area contributed by atoms with E-state index < -0.39 is 5.91 Å². The molecule has 0 atom stereocenters. The molecule has 0 bridgehead atoms. The highest BCUT2D eigenvalue weighted by Gasteiger charge is 2.28. The molecule has 0 aromatic heterocycles. The van der Waals surface area contributed by atoms with Gasteiger partial charge in [0, 0.05) is 35.7 Å². The van der Waals surface area contributed by atoms with Crippen LogP contribution in [-0.2, 0) is 0 Å². The summed E-state index contributed by atoms with van der Waals surface area (Å²) in [7, 11) is 0. The van der Waals surface area contributed by atoms with Crippen LogP contribution in [0.15, 0.2) is 78.9 Å². The summed E-state index contributed by atoms with van der Waals surface area (Å²) in [5.41, 5.74) is 6.96. The highest BCUT2D eigenvalue weighted by molar-refractivity contribution is 5.98. The number of benzene rings is 3. The smallest absolute Gasteiger partial charge is 0.253 e. The van der Waals surface area contributed by atoms with Crippen LogP contribution in [0.4, 0.5) is 0 Å². The molecule has 3 aromatic rings. The number of primary amides is 1. The molecule has 32 heavy (non-hydrogen) atoms. The lowest BCUT2D eigenvalue weighted by Crippen LogP contribution is -2.40. The van der Waals surface area contributed by atoms with Gasteiger partial charge in [0.25, 0.3) is 5.91 Å². The van der Waals surface area contributed by atoms with Gasteiger partial charge in [-0.3, -0.25) is 14.4 Å². The molecule has 4 rings (SSSR count). The van der Waals surface area contributed by atoms with Crippen molar-refractivity contribution in [3.63, 3.8) is 0 Å². The van der Waals surface area contributed by atoms with Crippen LogP contribution in [0.25, 0.3) is 0 Å². The van der Waals surface area contributed by atoms with E-state index in [0.29, 0.717) is 48.6 Å². The molecule has 0 unspecified atom stereocenters. The fourth-order valence-electron chi connectivity index (χ4n) is 3.85. The summed E-state index contributed by atoms with van der Waals surface area (Å²) >= 11 is 0. The van der Waals surface area contributed by atoms with Gasteiger partial charge in [-0.05, 0) is 61.4 Å². The number of amides is 2. The number of carbonyl (C=O) groups is 3. The van der Waals surface area contributed by atoms with E-state index in [2.05, 4.69) is 0 Å². The Labute approximate surface area is 186 Å². The summed E-state index contributed by atoms with van der Waals surface area (Å²) in [5, 5.41) is 0. The van der Waals surface area contributed by atoms with Gasteiger partial charge in [0.15, 0.2) is 5.78 Å². The maximum absolute atomic E-state index is 12.9. The average Bonchev–Trinajstić information content (AvgIpc) is 2.84. The van der Waals surface area contributed by atoms with E-state index in [1.165, 1.54) is 0 Å². The number of nitrogens with two attached hydrogens (primary N) is 1. The lowest BCUT2D eigenvalue weighted by atomic mass is 9.88. The van der Waals surface area contributed by atoms with Gasteiger partial charge in [-0.1, -0.05) is 30.3 Å². The van der Waals surface area contributed by atoms with Crippen LogP contribution in [-0.4, -0.2) is 35.6 Å². The molecule has 1 aliphatic heterocycles. The van der Waals surface area contributed by atoms with Crippen molar-refractivity contribution in [2.45, 2.75) is 12.8 Å². The fraction of sp³-hybridized carbons (Fsp3) is 0.192. The molecule has 0 aliphatic carbocycles. The quantitative estimate of drug-likeness (QED) is 0.593. The Hall–Kier alpha value is -3.93. The van der Waals surface area contributed by atoms with Crippen LogP contribution in [0.5, 0.6) is 11.5 Å². The maximum atomic E-state index is 12.9. The number of nitrogens with zero attached hydrogens (tertiary/aromatic N) is 1. The second-order valence-electron chi connectivity index (χ2n) is 7.81. The molecular weight excluding hydrogens is 404 g/mol. The first kappa shape index (κ1) is 21.3. The Bertz CT molecular complexity index is 1100. The Morgan fingerprint density at radius 1 is 0.719 bits per heavy atom. The summed E-state index contributed by atoms with van der Waals surface area (Å²) in [6, 6.07) is 22.8. The molecule has 1 saturated heterocycles. The Kier molecular flexibility index (Phi) is 6.31. The Morgan fingerprint density at radius 3 is 1.78 bits per heavy atom. The SMILES string of the molecule is NC(=O)c1ccc(Oc2ccc(C(=O)N3CCC(C(=O)c4ccccc4)CC3)cc2)cc1. The van der Waals surface area contributed by atoms with E-state index in [4.69, 9.17) is 10.5 Å². The molecule has 162 valence electrons. The van der Waals surface area contributed by atoms with Gasteiger partial charge in [0.1, 0.15) is 11.5 Å². The van der Waals surface area contributed by atoms with Gasteiger partial charge >= 0.3 is 0 Å². The summed E-state index contributed by atoms with van der Waals surface area (Å²) in [6.45, 7) is 1.12. The highest BCUT2D eigenvalue weighted by atomic mass is 16.5. The molecule has 0 saturated carbocycles. The number of ketones is 1. The molecule has 2 N–H and O–H groups in total. The van der Waals surface area contributed by atoms with Crippen LogP contribution in [0, 0.1) is 5.92 Å². The van der Waals surface area contributed by atoms with Crippen LogP contribution in [0.3, 0.4) is 0 Å². The number of hydrogen-bond acceptors (Lipinski definition) is 4. The molecule has 0 spiro atoms. The van der Waals surface area contributed by atoms with Gasteiger partial charge < -0.3 is 15.4 Å². The number of hydrogen-bond donors (Lipinski definition) is 1. The molecule has 1 heterocycles. The van der Waals surface area contributed by atoms with Gasteiger partial charge in [-0.15, -0.1) is 0 Å². The van der Waals surface area contributed by atoms with Gasteiger partial charge in [0.2, 0.25) is 5.91 Å². The van der Waals surface area contributed by atoms with Crippen molar-refractivity contribution in [1.82, 2.24) is 4.90 Å². The summed E-state index contributed by atoms with van der Waals surface area (Å²) in [6.07, 6.45) is 1.34. The Morgan fingerprint density at radius 2 is 1.25 bits per heavy atom. The standard InChI is InChI=1S/C26H24N2O4/c27-25(30)20-6-10-22(11-7-20)32-23-12-8-21(9-13-23)26(31)28-16-14-19(15-17-28)24(29)18-4-2-1-3-5-18/h1-13,19H,14-17H2,(H2,27,30). The summed E-state index contributed by atoms with van der Waals surface area (Å²) < 4.78 is 5.76. The summed E-state index contributed by atoms with van der Waals surface area (Å²) in [5.74, 6) is 0.724. The summed E-state index contributed by atoms with van der Waals surface area (Å²) in [4.78, 5) is 38.5. The zero-order valence-corrected chi connectivity index (χ0v) is 17.6. The second kappa shape index (κ2) is 9.47. The molecule has 1 aliphatic rings. The first-order chi connectivity index (χ1) is 15.5. The minimum Gasteiger partial charge on any atom is -0.457 e. The van der Waals surface area contributed by atoms with E-state index in [0.717, 1.165) is 5.56 Å². The van der Waals surface area contributed by atoms with Crippen molar-refractivity contribution in [1.29, 1.82) is 0 Å². The van der Waals surface area contributed by atoms with E-state index in [9.17, 15) is 14.4 Å². The highest BCUT2D eigenvalue weighted by Crippen LogP contribution is 2.25. The number of carbonyl (C=O) groups excluding carboxylic acids is 3. The second-order valence-corrected chi connectivity index (χ2v) is 7.81. The predicted octanol–water partition coefficient (Wildman–Crippen LogP) is 4.31. The van der Waals surface area contributed by atoms with Gasteiger partial charge in [0.05, 0.1) is 0 Å². The number of likely N-dealkylation sites (tertiary alicyclic amines) is 1. The van der Waals surface area contributed by atoms with Crippen molar-refractivity contribution < 1.29 is 19.1 Å². The monoisotopic (exact) mass is 428 g/mol. The topological polar surface area (TPSA) is 89.7 Å². The molecular formula is C26H24N2O4. The Balaban J connectivity index is 1.33. The molecule has 2 amide bonds. The normalized spacial score (nSPS) is 14.1. The van der Waals surface area contributed by atoms with E-state index >= 15 is 0 Å². The van der Waals surface area contributed by atoms with Gasteiger partial charge in [-0.2, -0.15) is 0 Å². The van der Waals surface area contributed by atoms with Crippen LogP contribution in [0.1, 0.15) is 43.9 Å². The number of piperidine rings is 1. The van der Waals surface area contributed by atoms with E-state index in [1.807, 2.05) is 30.3 Å². The minimum absolute atomic E-state index is 0.0434. The lowest BCUT2D eigenvalue weighted by Gasteiger charge is -2.31. The largest absolute Gasteiger partial charge is 0.457 e. The van der Waals surface area contributed by atoms with E-state index in [1.54, 1.807) is 53.4 Å². The molecule has 0 radical (unpaired) electrons. The first-order valence-corrected chi connectivity index (χ1v) is 10.6. The number of Topliss-reactive ketones (excluding diaryl/α,β-unsaturated/α-hetero) is 1. The number of ether oxygens (including phenoxy) is 1. The number of rotatable bonds is 6. The van der Waals surface area contributed by atoms with Crippen molar-refractivity contribution in [2.75, 3.05) is 13.1 Å². The third-order valence-electron chi connectivity index (χ3n) is 5.69. The minimum atomic E-state index is -0.493. The van der Waals surface area contributed by atoms with Crippen molar-refractivity contribution in [3.05, 3.63) is 95.6 Å². The zero-order chi connectivity index (χ0) is 22.5. The van der Waals surface area contributed by atoms with Crippen LogP contribution >= 0.6 is 0 Å².